The van der Waals surface area contributed by atoms with Crippen molar-refractivity contribution in [2.45, 2.75) is 0 Å². The summed E-state index contributed by atoms with van der Waals surface area (Å²) in [5, 5.41) is 0. The van der Waals surface area contributed by atoms with Crippen LogP contribution in [0.5, 0.6) is 0 Å². The van der Waals surface area contributed by atoms with Crippen molar-refractivity contribution >= 4 is 45.0 Å². The molecule has 0 radical (unpaired) electrons. The van der Waals surface area contributed by atoms with Gasteiger partial charge in [0.1, 0.15) is 0 Å². The van der Waals surface area contributed by atoms with Crippen molar-refractivity contribution < 1.29 is 19.2 Å². The van der Waals surface area contributed by atoms with Gasteiger partial charge in [-0.25, -0.2) is 4.57 Å². The van der Waals surface area contributed by atoms with Crippen molar-refractivity contribution in [3.8, 4) is 0 Å². The third-order valence-corrected chi connectivity index (χ3v) is 0. The number of halogens is 3. The molecule has 0 aliphatic rings. The molecule has 0 fully saturated rings. The molecule has 4 nitrogen and oxygen atoms in total. The van der Waals surface area contributed by atoms with Crippen LogP contribution in [0.4, 0.5) is 0 Å². The summed E-state index contributed by atoms with van der Waals surface area (Å²) in [6.45, 7) is 0. The molecule has 0 atom stereocenters. The first kappa shape index (κ1) is 23.1. The summed E-state index contributed by atoms with van der Waals surface area (Å²) in [5.41, 5.74) is 0. The minimum atomic E-state index is -4.64. The standard InChI is InChI=1S/3ClH.H3O4P/c;;;1-5(2,3)4/h3*1H;(H3,1,2,3,4). The van der Waals surface area contributed by atoms with Crippen LogP contribution in [0.3, 0.4) is 0 Å². The van der Waals surface area contributed by atoms with Crippen LogP contribution in [0.2, 0.25) is 0 Å². The summed E-state index contributed by atoms with van der Waals surface area (Å²) in [6.07, 6.45) is 0. The fourth-order valence-corrected chi connectivity index (χ4v) is 0. The van der Waals surface area contributed by atoms with E-state index in [-0.39, 0.29) is 37.2 Å². The van der Waals surface area contributed by atoms with Gasteiger partial charge < -0.3 is 14.7 Å². The van der Waals surface area contributed by atoms with Crippen LogP contribution in [0, 0.1) is 0 Å². The van der Waals surface area contributed by atoms with Crippen LogP contribution in [0.1, 0.15) is 0 Å². The highest BCUT2D eigenvalue weighted by molar-refractivity contribution is 7.45. The predicted octanol–water partition coefficient (Wildman–Crippen LogP) is 0.337. The second kappa shape index (κ2) is 7.98. The Balaban J connectivity index is -0.0000000267. The molecule has 3 N–H and O–H groups in total. The van der Waals surface area contributed by atoms with Gasteiger partial charge in [0.05, 0.1) is 0 Å². The quantitative estimate of drug-likeness (QED) is 0.501. The molecule has 56 valence electrons. The average Bonchev–Trinajstić information content (AvgIpc) is 0.722. The van der Waals surface area contributed by atoms with Gasteiger partial charge in [-0.1, -0.05) is 0 Å². The Kier molecular flexibility index (Phi) is 23.0. The van der Waals surface area contributed by atoms with E-state index in [1.807, 2.05) is 0 Å². The summed E-state index contributed by atoms with van der Waals surface area (Å²) in [7, 11) is -4.64. The van der Waals surface area contributed by atoms with Crippen LogP contribution in [-0.4, -0.2) is 14.7 Å². The lowest BCUT2D eigenvalue weighted by Gasteiger charge is -1.82. The highest BCUT2D eigenvalue weighted by Gasteiger charge is 2.00. The molecule has 0 rings (SSSR count). The fourth-order valence-electron chi connectivity index (χ4n) is 0. The highest BCUT2D eigenvalue weighted by Crippen LogP contribution is 2.25. The van der Waals surface area contributed by atoms with Gasteiger partial charge in [-0.3, -0.25) is 0 Å². The summed E-state index contributed by atoms with van der Waals surface area (Å²) in [6, 6.07) is 0. The molecule has 0 aromatic heterocycles. The van der Waals surface area contributed by atoms with Crippen LogP contribution >= 0.6 is 45.0 Å². The largest absolute Gasteiger partial charge is 0.466 e. The lowest BCUT2D eigenvalue weighted by atomic mass is 15.8. The van der Waals surface area contributed by atoms with Crippen molar-refractivity contribution in [3.63, 3.8) is 0 Å². The SMILES string of the molecule is Cl.Cl.Cl.O=P(O)(O)O. The van der Waals surface area contributed by atoms with E-state index in [4.69, 9.17) is 19.2 Å². The summed E-state index contributed by atoms with van der Waals surface area (Å²) in [5.74, 6) is 0. The maximum Gasteiger partial charge on any atom is 0.466 e. The molecule has 0 aromatic rings. The van der Waals surface area contributed by atoms with E-state index in [1.165, 1.54) is 0 Å². The van der Waals surface area contributed by atoms with Crippen LogP contribution in [0.25, 0.3) is 0 Å². The van der Waals surface area contributed by atoms with Crippen molar-refractivity contribution in [2.75, 3.05) is 0 Å². The third kappa shape index (κ3) is 260. The molecule has 0 amide bonds. The van der Waals surface area contributed by atoms with Crippen LogP contribution in [0.15, 0.2) is 0 Å². The first-order chi connectivity index (χ1) is 2.00. The van der Waals surface area contributed by atoms with Crippen LogP contribution < -0.4 is 0 Å². The van der Waals surface area contributed by atoms with E-state index >= 15 is 0 Å². The smallest absolute Gasteiger partial charge is 0.303 e. The summed E-state index contributed by atoms with van der Waals surface area (Å²) < 4.78 is 8.88. The number of hydrogen-bond donors (Lipinski definition) is 3. The van der Waals surface area contributed by atoms with E-state index in [2.05, 4.69) is 0 Å². The van der Waals surface area contributed by atoms with E-state index in [0.29, 0.717) is 0 Å². The fraction of sp³-hybridized carbons (Fsp3) is 0. The molecule has 0 bridgehead atoms. The normalized spacial score (nSPS) is 7.38. The third-order valence-electron chi connectivity index (χ3n) is 0. The molecular weight excluding hydrogens is 201 g/mol. The van der Waals surface area contributed by atoms with Gasteiger partial charge in [0, 0.05) is 0 Å². The average molecular weight is 207 g/mol. The number of phosphoric acid groups is 1. The molecule has 0 unspecified atom stereocenters. The maximum absolute atomic E-state index is 8.88. The Bertz CT molecular complexity index is 57.4. The van der Waals surface area contributed by atoms with E-state index in [9.17, 15) is 0 Å². The molecule has 0 aliphatic heterocycles. The molecule has 0 heterocycles. The van der Waals surface area contributed by atoms with E-state index < -0.39 is 7.82 Å². The predicted molar refractivity (Wildman–Crippen MR) is 36.0 cm³/mol. The van der Waals surface area contributed by atoms with Gasteiger partial charge in [0.2, 0.25) is 0 Å². The minimum absolute atomic E-state index is 0. The number of hydrogen-bond acceptors (Lipinski definition) is 1. The summed E-state index contributed by atoms with van der Waals surface area (Å²) >= 11 is 0. The zero-order valence-corrected chi connectivity index (χ0v) is 6.77. The molecule has 0 saturated carbocycles. The second-order valence-corrected chi connectivity index (χ2v) is 1.54. The lowest BCUT2D eigenvalue weighted by molar-refractivity contribution is 0.275. The van der Waals surface area contributed by atoms with Crippen molar-refractivity contribution in [1.82, 2.24) is 0 Å². The number of rotatable bonds is 0. The Labute approximate surface area is 64.8 Å². The molecule has 0 aliphatic carbocycles. The van der Waals surface area contributed by atoms with Crippen molar-refractivity contribution in [2.24, 2.45) is 0 Å². The molecule has 0 aromatic carbocycles. The highest BCUT2D eigenvalue weighted by atomic mass is 35.5. The zero-order valence-electron chi connectivity index (χ0n) is 3.42. The van der Waals surface area contributed by atoms with Crippen molar-refractivity contribution in [1.29, 1.82) is 0 Å². The second-order valence-electron chi connectivity index (χ2n) is 0.513. The van der Waals surface area contributed by atoms with E-state index in [0.717, 1.165) is 0 Å². The summed E-state index contributed by atoms with van der Waals surface area (Å²) in [4.78, 5) is 21.6. The van der Waals surface area contributed by atoms with Crippen molar-refractivity contribution in [3.05, 3.63) is 0 Å². The molecule has 8 heavy (non-hydrogen) atoms. The van der Waals surface area contributed by atoms with E-state index in [1.54, 1.807) is 0 Å². The van der Waals surface area contributed by atoms with Crippen LogP contribution in [-0.2, 0) is 4.57 Å². The zero-order chi connectivity index (χ0) is 4.50. The Morgan fingerprint density at radius 3 is 0.875 bits per heavy atom. The van der Waals surface area contributed by atoms with Gasteiger partial charge in [-0.05, 0) is 0 Å². The molecule has 0 spiro atoms. The first-order valence-corrected chi connectivity index (χ1v) is 2.35. The lowest BCUT2D eigenvalue weighted by Crippen LogP contribution is -1.66. The first-order valence-electron chi connectivity index (χ1n) is 0.783. The maximum atomic E-state index is 8.88. The van der Waals surface area contributed by atoms with Gasteiger partial charge in [0.25, 0.3) is 0 Å². The monoisotopic (exact) mass is 206 g/mol. The van der Waals surface area contributed by atoms with Gasteiger partial charge in [0.15, 0.2) is 0 Å². The Morgan fingerprint density at radius 2 is 0.875 bits per heavy atom. The van der Waals surface area contributed by atoms with Gasteiger partial charge >= 0.3 is 7.82 Å². The Morgan fingerprint density at radius 1 is 0.875 bits per heavy atom. The van der Waals surface area contributed by atoms with Gasteiger partial charge in [-0.2, -0.15) is 0 Å². The minimum Gasteiger partial charge on any atom is -0.303 e. The molecule has 8 heteroatoms. The molecule has 0 saturated heterocycles. The molecular formula is H6Cl3O4P. The topological polar surface area (TPSA) is 77.8 Å². The van der Waals surface area contributed by atoms with Gasteiger partial charge in [-0.15, -0.1) is 37.2 Å². The Hall–Kier alpha value is 0.980.